The fourth-order valence-corrected chi connectivity index (χ4v) is 5.74. The van der Waals surface area contributed by atoms with Gasteiger partial charge in [0.2, 0.25) is 0 Å². The first-order valence-corrected chi connectivity index (χ1v) is 10.5. The first-order valence-electron chi connectivity index (χ1n) is 10.2. The smallest absolute Gasteiger partial charge is 0.195 e. The lowest BCUT2D eigenvalue weighted by Gasteiger charge is -2.33. The van der Waals surface area contributed by atoms with Gasteiger partial charge >= 0.3 is 0 Å². The van der Waals surface area contributed by atoms with Crippen LogP contribution in [0.1, 0.15) is 35.8 Å². The number of Topliss-reactive ketones (excluding diaryl/α,β-unsaturated/α-hetero) is 1. The summed E-state index contributed by atoms with van der Waals surface area (Å²) in [5.41, 5.74) is 0.179. The molecule has 1 aliphatic carbocycles. The van der Waals surface area contributed by atoms with E-state index < -0.39 is 5.60 Å². The average molecular weight is 427 g/mol. The molecular weight excluding hydrogens is 400 g/mol. The molecule has 5 nitrogen and oxygen atoms in total. The van der Waals surface area contributed by atoms with Gasteiger partial charge in [-0.05, 0) is 48.1 Å². The van der Waals surface area contributed by atoms with Crippen LogP contribution < -0.4 is 0 Å². The van der Waals surface area contributed by atoms with Crippen molar-refractivity contribution in [3.05, 3.63) is 71.5 Å². The van der Waals surface area contributed by atoms with Gasteiger partial charge in [0.25, 0.3) is 0 Å². The Morgan fingerprint density at radius 2 is 1.97 bits per heavy atom. The molecule has 1 aromatic carbocycles. The zero-order chi connectivity index (χ0) is 21.6. The van der Waals surface area contributed by atoms with E-state index in [1.807, 2.05) is 30.3 Å². The third kappa shape index (κ3) is 3.78. The molecule has 3 atom stereocenters. The number of aromatic hydroxyl groups is 1. The van der Waals surface area contributed by atoms with E-state index in [0.29, 0.717) is 43.1 Å². The molecule has 0 radical (unpaired) electrons. The molecule has 2 fully saturated rings. The van der Waals surface area contributed by atoms with Gasteiger partial charge in [-0.25, -0.2) is 4.98 Å². The molecule has 2 heterocycles. The minimum Gasteiger partial charge on any atom is -0.506 e. The Hall–Kier alpha value is -2.21. The van der Waals surface area contributed by atoms with Gasteiger partial charge in [0, 0.05) is 29.9 Å². The number of ketones is 1. The summed E-state index contributed by atoms with van der Waals surface area (Å²) in [7, 11) is 0. The summed E-state index contributed by atoms with van der Waals surface area (Å²) in [6.07, 6.45) is 5.11. The van der Waals surface area contributed by atoms with Crippen molar-refractivity contribution < 1.29 is 15.0 Å². The molecule has 3 unspecified atom stereocenters. The van der Waals surface area contributed by atoms with Crippen LogP contribution in [0.15, 0.2) is 55.3 Å². The predicted molar refractivity (Wildman–Crippen MR) is 117 cm³/mol. The minimum absolute atomic E-state index is 0.0420. The molecule has 1 saturated heterocycles. The minimum atomic E-state index is -0.814. The Morgan fingerprint density at radius 3 is 2.57 bits per heavy atom. The van der Waals surface area contributed by atoms with Gasteiger partial charge in [-0.1, -0.05) is 36.7 Å². The van der Waals surface area contributed by atoms with Gasteiger partial charge in [0.1, 0.15) is 11.4 Å². The number of pyridine rings is 1. The van der Waals surface area contributed by atoms with Crippen LogP contribution in [0.3, 0.4) is 0 Å². The Morgan fingerprint density at radius 1 is 1.23 bits per heavy atom. The SMILES string of the molecule is C=CC12CN(CC(=O)c3ccc(O)cn3)CC1(C)CC(O)(Cc1ccc(Cl)cc1)C2. The van der Waals surface area contributed by atoms with Crippen molar-refractivity contribution in [2.45, 2.75) is 31.8 Å². The number of benzene rings is 1. The number of nitrogens with zero attached hydrogens (tertiary/aromatic N) is 2. The normalized spacial score (nSPS) is 30.9. The molecule has 4 rings (SSSR count). The maximum Gasteiger partial charge on any atom is 0.195 e. The molecule has 158 valence electrons. The number of hydrogen-bond donors (Lipinski definition) is 2. The van der Waals surface area contributed by atoms with Crippen molar-refractivity contribution in [1.29, 1.82) is 0 Å². The van der Waals surface area contributed by atoms with Crippen LogP contribution in [0.5, 0.6) is 5.75 Å². The van der Waals surface area contributed by atoms with Crippen LogP contribution in [-0.2, 0) is 6.42 Å². The third-order valence-corrected chi connectivity index (χ3v) is 7.13. The molecule has 0 amide bonds. The van der Waals surface area contributed by atoms with Gasteiger partial charge in [-0.2, -0.15) is 0 Å². The number of rotatable bonds is 6. The van der Waals surface area contributed by atoms with Gasteiger partial charge in [-0.15, -0.1) is 6.58 Å². The standard InChI is InChI=1S/C24H27ClN2O3/c1-3-23-14-24(30,10-17-4-6-18(25)7-5-17)13-22(23,2)15-27(16-23)12-21(29)20-9-8-19(28)11-26-20/h3-9,11,28,30H,1,10,12-16H2,2H3. The molecule has 6 heteroatoms. The summed E-state index contributed by atoms with van der Waals surface area (Å²) < 4.78 is 0. The van der Waals surface area contributed by atoms with E-state index in [0.717, 1.165) is 5.56 Å². The fraction of sp³-hybridized carbons (Fsp3) is 0.417. The second kappa shape index (κ2) is 7.49. The van der Waals surface area contributed by atoms with Gasteiger partial charge in [0.05, 0.1) is 18.3 Å². The number of likely N-dealkylation sites (tertiary alicyclic amines) is 1. The third-order valence-electron chi connectivity index (χ3n) is 6.88. The van der Waals surface area contributed by atoms with Crippen LogP contribution in [0.25, 0.3) is 0 Å². The van der Waals surface area contributed by atoms with E-state index >= 15 is 0 Å². The van der Waals surface area contributed by atoms with Crippen molar-refractivity contribution in [1.82, 2.24) is 9.88 Å². The van der Waals surface area contributed by atoms with Crippen molar-refractivity contribution >= 4 is 17.4 Å². The first-order chi connectivity index (χ1) is 14.2. The van der Waals surface area contributed by atoms with E-state index in [1.54, 1.807) is 6.07 Å². The summed E-state index contributed by atoms with van der Waals surface area (Å²) in [6.45, 7) is 7.96. The van der Waals surface area contributed by atoms with Crippen LogP contribution in [-0.4, -0.2) is 51.1 Å². The van der Waals surface area contributed by atoms with Crippen LogP contribution in [0.4, 0.5) is 0 Å². The molecule has 1 aromatic heterocycles. The molecule has 2 aliphatic rings. The predicted octanol–water partition coefficient (Wildman–Crippen LogP) is 3.89. The summed E-state index contributed by atoms with van der Waals surface area (Å²) in [5, 5.41) is 21.5. The second-order valence-electron chi connectivity index (χ2n) is 9.27. The van der Waals surface area contributed by atoms with E-state index in [2.05, 4.69) is 23.4 Å². The number of fused-ring (bicyclic) bond motifs is 1. The van der Waals surface area contributed by atoms with Crippen molar-refractivity contribution in [2.75, 3.05) is 19.6 Å². The summed E-state index contributed by atoms with van der Waals surface area (Å²) >= 11 is 5.99. The molecule has 0 spiro atoms. The quantitative estimate of drug-likeness (QED) is 0.541. The monoisotopic (exact) mass is 426 g/mol. The highest BCUT2D eigenvalue weighted by atomic mass is 35.5. The van der Waals surface area contributed by atoms with Crippen LogP contribution >= 0.6 is 11.6 Å². The number of carbonyl (C=O) groups excluding carboxylic acids is 1. The molecule has 2 aromatic rings. The van der Waals surface area contributed by atoms with Gasteiger partial charge in [-0.3, -0.25) is 9.69 Å². The topological polar surface area (TPSA) is 73.7 Å². The zero-order valence-electron chi connectivity index (χ0n) is 17.1. The number of aliphatic hydroxyl groups is 1. The summed E-state index contributed by atoms with van der Waals surface area (Å²) in [4.78, 5) is 18.8. The average Bonchev–Trinajstić information content (AvgIpc) is 3.06. The van der Waals surface area contributed by atoms with Crippen molar-refractivity contribution in [2.24, 2.45) is 10.8 Å². The summed E-state index contributed by atoms with van der Waals surface area (Å²) in [5.74, 6) is -0.0328. The van der Waals surface area contributed by atoms with Gasteiger partial charge < -0.3 is 10.2 Å². The van der Waals surface area contributed by atoms with Gasteiger partial charge in [0.15, 0.2) is 5.78 Å². The highest BCUT2D eigenvalue weighted by Crippen LogP contribution is 2.62. The number of aromatic nitrogens is 1. The first kappa shape index (κ1) is 21.0. The van der Waals surface area contributed by atoms with E-state index in [-0.39, 0.29) is 28.9 Å². The summed E-state index contributed by atoms with van der Waals surface area (Å²) in [6, 6.07) is 10.7. The fourth-order valence-electron chi connectivity index (χ4n) is 5.61. The Labute approximate surface area is 182 Å². The van der Waals surface area contributed by atoms with E-state index in [4.69, 9.17) is 11.6 Å². The maximum atomic E-state index is 12.7. The number of carbonyl (C=O) groups is 1. The lowest BCUT2D eigenvalue weighted by atomic mass is 9.70. The zero-order valence-corrected chi connectivity index (χ0v) is 17.9. The molecule has 1 saturated carbocycles. The largest absolute Gasteiger partial charge is 0.506 e. The molecule has 0 bridgehead atoms. The van der Waals surface area contributed by atoms with E-state index in [1.165, 1.54) is 12.3 Å². The molecule has 2 N–H and O–H groups in total. The van der Waals surface area contributed by atoms with E-state index in [9.17, 15) is 15.0 Å². The van der Waals surface area contributed by atoms with Crippen LogP contribution in [0.2, 0.25) is 5.02 Å². The lowest BCUT2D eigenvalue weighted by molar-refractivity contribution is 0.0274. The Bertz CT molecular complexity index is 961. The Balaban J connectivity index is 1.48. The van der Waals surface area contributed by atoms with Crippen molar-refractivity contribution in [3.8, 4) is 5.75 Å². The Kier molecular flexibility index (Phi) is 5.25. The molecule has 1 aliphatic heterocycles. The number of halogens is 1. The molecule has 30 heavy (non-hydrogen) atoms. The lowest BCUT2D eigenvalue weighted by Crippen LogP contribution is -2.36. The van der Waals surface area contributed by atoms with Crippen LogP contribution in [0, 0.1) is 10.8 Å². The molecular formula is C24H27ClN2O3. The number of hydrogen-bond acceptors (Lipinski definition) is 5. The van der Waals surface area contributed by atoms with Crippen molar-refractivity contribution in [3.63, 3.8) is 0 Å². The highest BCUT2D eigenvalue weighted by Gasteiger charge is 2.63. The highest BCUT2D eigenvalue weighted by molar-refractivity contribution is 6.30. The second-order valence-corrected chi connectivity index (χ2v) is 9.71. The maximum absolute atomic E-state index is 12.7.